The van der Waals surface area contributed by atoms with Gasteiger partial charge in [0.05, 0.1) is 51.2 Å². The molecule has 2 atom stereocenters. The number of amides is 3. The zero-order valence-corrected chi connectivity index (χ0v) is 28.0. The van der Waals surface area contributed by atoms with Crippen molar-refractivity contribution < 1.29 is 57.3 Å². The Morgan fingerprint density at radius 1 is 0.735 bits per heavy atom. The molecule has 0 spiro atoms. The number of benzene rings is 2. The van der Waals surface area contributed by atoms with Crippen molar-refractivity contribution in [3.05, 3.63) is 64.2 Å². The molecule has 2 aromatic carbocycles. The van der Waals surface area contributed by atoms with Crippen molar-refractivity contribution in [3.8, 4) is 5.75 Å². The number of carbonyl (C=O) groups excluding carboxylic acids is 4. The summed E-state index contributed by atoms with van der Waals surface area (Å²) in [6.45, 7) is 7.50. The van der Waals surface area contributed by atoms with Crippen LogP contribution in [0.25, 0.3) is 0 Å². The first kappa shape index (κ1) is 40.3. The van der Waals surface area contributed by atoms with Crippen molar-refractivity contribution in [2.24, 2.45) is 5.92 Å². The first-order chi connectivity index (χ1) is 23.5. The van der Waals surface area contributed by atoms with Crippen LogP contribution in [-0.4, -0.2) is 101 Å². The summed E-state index contributed by atoms with van der Waals surface area (Å²) in [4.78, 5) is 60.0. The number of nitro benzene ring substituents is 1. The van der Waals surface area contributed by atoms with Gasteiger partial charge in [0.25, 0.3) is 5.69 Å². The maximum Gasteiger partial charge on any atom is 0.514 e. The minimum absolute atomic E-state index is 0.0333. The lowest BCUT2D eigenvalue weighted by Gasteiger charge is -2.23. The van der Waals surface area contributed by atoms with Gasteiger partial charge in [0.15, 0.2) is 0 Å². The van der Waals surface area contributed by atoms with E-state index in [1.807, 2.05) is 0 Å². The van der Waals surface area contributed by atoms with E-state index in [1.54, 1.807) is 45.2 Å². The van der Waals surface area contributed by atoms with Crippen LogP contribution in [0.1, 0.15) is 26.3 Å². The summed E-state index contributed by atoms with van der Waals surface area (Å²) in [5, 5.41) is 18.5. The molecule has 0 aromatic heterocycles. The van der Waals surface area contributed by atoms with Gasteiger partial charge in [-0.3, -0.25) is 19.7 Å². The third-order valence-corrected chi connectivity index (χ3v) is 6.44. The van der Waals surface area contributed by atoms with Crippen LogP contribution in [0.15, 0.2) is 48.5 Å². The molecule has 270 valence electrons. The van der Waals surface area contributed by atoms with E-state index in [4.69, 9.17) is 33.2 Å². The Morgan fingerprint density at radius 2 is 1.31 bits per heavy atom. The molecule has 17 nitrogen and oxygen atoms in total. The van der Waals surface area contributed by atoms with Crippen LogP contribution in [-0.2, 0) is 44.6 Å². The Morgan fingerprint density at radius 3 is 1.86 bits per heavy atom. The summed E-state index contributed by atoms with van der Waals surface area (Å²) in [7, 11) is 1.60. The predicted octanol–water partition coefficient (Wildman–Crippen LogP) is 3.20. The molecule has 49 heavy (non-hydrogen) atoms. The lowest BCUT2D eigenvalue weighted by atomic mass is 10.0. The lowest BCUT2D eigenvalue weighted by molar-refractivity contribution is -0.384. The van der Waals surface area contributed by atoms with E-state index in [0.29, 0.717) is 50.9 Å². The van der Waals surface area contributed by atoms with Crippen molar-refractivity contribution >= 4 is 35.4 Å². The van der Waals surface area contributed by atoms with Gasteiger partial charge in [-0.15, -0.1) is 0 Å². The summed E-state index contributed by atoms with van der Waals surface area (Å²) in [5.74, 6) is -1.30. The smallest absolute Gasteiger partial charge is 0.447 e. The molecule has 17 heteroatoms. The molecular weight excluding hydrogens is 648 g/mol. The molecular formula is C32H44N4O13. The molecule has 0 aliphatic rings. The molecule has 0 unspecified atom stereocenters. The van der Waals surface area contributed by atoms with Crippen LogP contribution in [0.2, 0.25) is 0 Å². The molecule has 0 saturated carbocycles. The van der Waals surface area contributed by atoms with Crippen LogP contribution in [0.5, 0.6) is 5.75 Å². The topological polar surface area (TPSA) is 212 Å². The largest absolute Gasteiger partial charge is 0.514 e. The van der Waals surface area contributed by atoms with Crippen LogP contribution < -0.4 is 20.7 Å². The zero-order valence-electron chi connectivity index (χ0n) is 28.0. The third kappa shape index (κ3) is 16.7. The number of nitro groups is 1. The van der Waals surface area contributed by atoms with Crippen molar-refractivity contribution in [1.82, 2.24) is 10.6 Å². The Balaban J connectivity index is 1.67. The molecule has 0 aliphatic carbocycles. The number of nitrogens with one attached hydrogen (secondary N) is 3. The Kier molecular flexibility index (Phi) is 18.7. The number of anilines is 1. The molecule has 2 rings (SSSR count). The first-order valence-corrected chi connectivity index (χ1v) is 15.4. The lowest BCUT2D eigenvalue weighted by Crippen LogP contribution is -2.53. The van der Waals surface area contributed by atoms with Crippen LogP contribution in [0.4, 0.5) is 21.0 Å². The van der Waals surface area contributed by atoms with E-state index in [-0.39, 0.29) is 37.2 Å². The quantitative estimate of drug-likeness (QED) is 0.0533. The van der Waals surface area contributed by atoms with Crippen molar-refractivity contribution in [1.29, 1.82) is 0 Å². The maximum absolute atomic E-state index is 12.9. The molecule has 2 aromatic rings. The van der Waals surface area contributed by atoms with Gasteiger partial charge in [-0.25, -0.2) is 9.59 Å². The Labute approximate surface area is 284 Å². The van der Waals surface area contributed by atoms with Crippen LogP contribution >= 0.6 is 0 Å². The molecule has 3 amide bonds. The summed E-state index contributed by atoms with van der Waals surface area (Å²) in [6.07, 6.45) is -1.80. The van der Waals surface area contributed by atoms with Crippen molar-refractivity contribution in [2.45, 2.75) is 39.5 Å². The Bertz CT molecular complexity index is 1320. The van der Waals surface area contributed by atoms with Crippen molar-refractivity contribution in [3.63, 3.8) is 0 Å². The highest BCUT2D eigenvalue weighted by molar-refractivity contribution is 5.98. The van der Waals surface area contributed by atoms with Gasteiger partial charge in [-0.1, -0.05) is 26.0 Å². The summed E-state index contributed by atoms with van der Waals surface area (Å²) < 4.78 is 36.0. The standard InChI is InChI=1S/C32H44N4O13/c1-22(2)28(35-31(39)47-20-19-46-18-17-45-16-15-44-14-13-43-4)30(38)33-23(3)29(37)34-25-7-5-24(6-8-25)21-48-32(40)49-27-11-9-26(10-12-27)36(41)42/h5-12,22-23,28H,13-21H2,1-4H3,(H,33,38)(H,34,37)(H,35,39)/t23-,28-/m0/s1. The minimum Gasteiger partial charge on any atom is -0.447 e. The second-order valence-corrected chi connectivity index (χ2v) is 10.6. The van der Waals surface area contributed by atoms with Gasteiger partial charge in [0, 0.05) is 24.9 Å². The van der Waals surface area contributed by atoms with Gasteiger partial charge in [-0.2, -0.15) is 0 Å². The summed E-state index contributed by atoms with van der Waals surface area (Å²) >= 11 is 0. The summed E-state index contributed by atoms with van der Waals surface area (Å²) in [5.41, 5.74) is 0.868. The number of methoxy groups -OCH3 is 1. The Hall–Kier alpha value is -4.84. The van der Waals surface area contributed by atoms with E-state index in [9.17, 15) is 29.3 Å². The molecule has 0 saturated heterocycles. The van der Waals surface area contributed by atoms with E-state index >= 15 is 0 Å². The van der Waals surface area contributed by atoms with E-state index in [0.717, 1.165) is 0 Å². The normalized spacial score (nSPS) is 12.0. The highest BCUT2D eigenvalue weighted by Crippen LogP contribution is 2.18. The predicted molar refractivity (Wildman–Crippen MR) is 174 cm³/mol. The highest BCUT2D eigenvalue weighted by Gasteiger charge is 2.27. The van der Waals surface area contributed by atoms with E-state index in [1.165, 1.54) is 31.2 Å². The highest BCUT2D eigenvalue weighted by atomic mass is 16.7. The summed E-state index contributed by atoms with van der Waals surface area (Å²) in [6, 6.07) is 9.42. The second kappa shape index (κ2) is 22.7. The van der Waals surface area contributed by atoms with Gasteiger partial charge in [-0.05, 0) is 42.7 Å². The number of hydrogen-bond donors (Lipinski definition) is 3. The third-order valence-electron chi connectivity index (χ3n) is 6.44. The van der Waals surface area contributed by atoms with Crippen LogP contribution in [0, 0.1) is 16.0 Å². The monoisotopic (exact) mass is 692 g/mol. The number of non-ortho nitro benzene ring substituents is 1. The van der Waals surface area contributed by atoms with Crippen LogP contribution in [0.3, 0.4) is 0 Å². The molecule has 0 radical (unpaired) electrons. The van der Waals surface area contributed by atoms with Gasteiger partial charge in [0.2, 0.25) is 11.8 Å². The SMILES string of the molecule is COCCOCCOCCOCCOC(=O)N[C@H](C(=O)N[C@@H](C)C(=O)Nc1ccc(COC(=O)Oc2ccc([N+](=O)[O-])cc2)cc1)C(C)C. The van der Waals surface area contributed by atoms with Gasteiger partial charge >= 0.3 is 12.2 Å². The van der Waals surface area contributed by atoms with E-state index < -0.39 is 41.1 Å². The fraction of sp³-hybridized carbons (Fsp3) is 0.500. The molecule has 0 fully saturated rings. The average molecular weight is 693 g/mol. The number of ether oxygens (including phenoxy) is 7. The number of alkyl carbamates (subject to hydrolysis) is 1. The van der Waals surface area contributed by atoms with Crippen molar-refractivity contribution in [2.75, 3.05) is 65.3 Å². The molecule has 0 bridgehead atoms. The number of nitrogens with zero attached hydrogens (tertiary/aromatic N) is 1. The van der Waals surface area contributed by atoms with Gasteiger partial charge in [0.1, 0.15) is 31.0 Å². The number of carbonyl (C=O) groups is 4. The fourth-order valence-electron chi connectivity index (χ4n) is 3.79. The average Bonchev–Trinajstić information content (AvgIpc) is 3.07. The molecule has 3 N–H and O–H groups in total. The fourth-order valence-corrected chi connectivity index (χ4v) is 3.79. The van der Waals surface area contributed by atoms with Gasteiger partial charge < -0.3 is 49.1 Å². The minimum atomic E-state index is -0.999. The zero-order chi connectivity index (χ0) is 36.0. The number of hydrogen-bond acceptors (Lipinski definition) is 13. The second-order valence-electron chi connectivity index (χ2n) is 10.6. The molecule has 0 aliphatic heterocycles. The number of rotatable bonds is 22. The maximum atomic E-state index is 12.9. The first-order valence-electron chi connectivity index (χ1n) is 15.4. The molecule has 0 heterocycles. The van der Waals surface area contributed by atoms with E-state index in [2.05, 4.69) is 16.0 Å².